The molecule has 1 saturated heterocycles. The Morgan fingerprint density at radius 2 is 2.15 bits per heavy atom. The highest BCUT2D eigenvalue weighted by molar-refractivity contribution is 6.28. The summed E-state index contributed by atoms with van der Waals surface area (Å²) in [5, 5.41) is 3.61. The minimum Gasteiger partial charge on any atom is -0.365 e. The molecule has 2 fully saturated rings. The lowest BCUT2D eigenvalue weighted by Crippen LogP contribution is -2.17. The molecular weight excluding hydrogens is 278 g/mol. The van der Waals surface area contributed by atoms with Crippen molar-refractivity contribution in [3.63, 3.8) is 0 Å². The average Bonchev–Trinajstić information content (AvgIpc) is 3.17. The third kappa shape index (κ3) is 2.23. The van der Waals surface area contributed by atoms with Gasteiger partial charge in [-0.2, -0.15) is 9.97 Å². The van der Waals surface area contributed by atoms with Crippen LogP contribution in [0.5, 0.6) is 0 Å². The third-order valence-corrected chi connectivity index (χ3v) is 3.95. The number of anilines is 1. The molecule has 2 aliphatic rings. The number of hydrogen-bond donors (Lipinski definition) is 1. The van der Waals surface area contributed by atoms with E-state index >= 15 is 0 Å². The van der Waals surface area contributed by atoms with Gasteiger partial charge in [-0.15, -0.1) is 0 Å². The van der Waals surface area contributed by atoms with Gasteiger partial charge in [0.2, 0.25) is 5.28 Å². The fourth-order valence-corrected chi connectivity index (χ4v) is 2.73. The summed E-state index contributed by atoms with van der Waals surface area (Å²) in [5.74, 6) is 0.733. The molecule has 1 saturated carbocycles. The number of fused-ring (bicyclic) bond motifs is 1. The van der Waals surface area contributed by atoms with E-state index in [0.717, 1.165) is 42.9 Å². The van der Waals surface area contributed by atoms with Crippen LogP contribution in [0.4, 0.5) is 5.82 Å². The lowest BCUT2D eigenvalue weighted by molar-refractivity contribution is -0.0298. The van der Waals surface area contributed by atoms with Crippen molar-refractivity contribution in [2.75, 3.05) is 11.9 Å². The summed E-state index contributed by atoms with van der Waals surface area (Å²) in [6.07, 6.45) is 7.41. The SMILES string of the molecule is Clc1nc(NC2CC2)c2ncn([C@@H]3CCCCO3)c2n1. The molecule has 0 unspecified atom stereocenters. The molecule has 1 atom stereocenters. The van der Waals surface area contributed by atoms with Gasteiger partial charge < -0.3 is 10.1 Å². The Balaban J connectivity index is 1.76. The fraction of sp³-hybridized carbons (Fsp3) is 0.615. The summed E-state index contributed by atoms with van der Waals surface area (Å²) in [6.45, 7) is 0.788. The van der Waals surface area contributed by atoms with Gasteiger partial charge in [-0.3, -0.25) is 4.57 Å². The molecular formula is C13H16ClN5O. The van der Waals surface area contributed by atoms with E-state index in [2.05, 4.69) is 20.3 Å². The maximum atomic E-state index is 6.05. The minimum absolute atomic E-state index is 0.00786. The molecule has 1 aliphatic carbocycles. The highest BCUT2D eigenvalue weighted by Gasteiger charge is 2.25. The number of nitrogens with one attached hydrogen (secondary N) is 1. The number of hydrogen-bond acceptors (Lipinski definition) is 5. The molecule has 0 amide bonds. The molecule has 0 aromatic carbocycles. The van der Waals surface area contributed by atoms with E-state index < -0.39 is 0 Å². The first-order valence-corrected chi connectivity index (χ1v) is 7.47. The summed E-state index contributed by atoms with van der Waals surface area (Å²) < 4.78 is 7.78. The molecule has 106 valence electrons. The predicted octanol–water partition coefficient (Wildman–Crippen LogP) is 2.75. The van der Waals surface area contributed by atoms with E-state index in [1.54, 1.807) is 6.33 Å². The Hall–Kier alpha value is -1.40. The highest BCUT2D eigenvalue weighted by atomic mass is 35.5. The second-order valence-corrected chi connectivity index (χ2v) is 5.74. The van der Waals surface area contributed by atoms with Crippen LogP contribution in [0, 0.1) is 0 Å². The summed E-state index contributed by atoms with van der Waals surface area (Å²) in [7, 11) is 0. The van der Waals surface area contributed by atoms with Crippen LogP contribution in [0.15, 0.2) is 6.33 Å². The van der Waals surface area contributed by atoms with Crippen LogP contribution in [-0.4, -0.2) is 32.2 Å². The van der Waals surface area contributed by atoms with Gasteiger partial charge in [0.05, 0.1) is 6.33 Å². The van der Waals surface area contributed by atoms with E-state index in [1.165, 1.54) is 12.8 Å². The molecule has 2 aromatic rings. The van der Waals surface area contributed by atoms with E-state index in [-0.39, 0.29) is 11.5 Å². The summed E-state index contributed by atoms with van der Waals surface area (Å²) in [5.41, 5.74) is 1.52. The largest absolute Gasteiger partial charge is 0.365 e. The molecule has 2 aromatic heterocycles. The summed E-state index contributed by atoms with van der Waals surface area (Å²) in [4.78, 5) is 13.1. The monoisotopic (exact) mass is 293 g/mol. The van der Waals surface area contributed by atoms with Gasteiger partial charge in [0.1, 0.15) is 6.23 Å². The topological polar surface area (TPSA) is 64.9 Å². The van der Waals surface area contributed by atoms with Crippen molar-refractivity contribution in [3.05, 3.63) is 11.6 Å². The Bertz CT molecular complexity index is 633. The molecule has 6 nitrogen and oxygen atoms in total. The van der Waals surface area contributed by atoms with Crippen molar-refractivity contribution >= 4 is 28.6 Å². The first-order chi connectivity index (χ1) is 9.81. The number of aromatic nitrogens is 4. The Labute approximate surface area is 121 Å². The van der Waals surface area contributed by atoms with Crippen molar-refractivity contribution in [1.29, 1.82) is 0 Å². The molecule has 4 rings (SSSR count). The predicted molar refractivity (Wildman–Crippen MR) is 75.8 cm³/mol. The zero-order valence-electron chi connectivity index (χ0n) is 11.0. The van der Waals surface area contributed by atoms with Crippen LogP contribution < -0.4 is 5.32 Å². The van der Waals surface area contributed by atoms with Crippen molar-refractivity contribution in [1.82, 2.24) is 19.5 Å². The van der Waals surface area contributed by atoms with Crippen LogP contribution in [0.3, 0.4) is 0 Å². The van der Waals surface area contributed by atoms with Crippen LogP contribution in [-0.2, 0) is 4.74 Å². The van der Waals surface area contributed by atoms with Gasteiger partial charge in [-0.1, -0.05) is 0 Å². The van der Waals surface area contributed by atoms with Crippen LogP contribution >= 0.6 is 11.6 Å². The zero-order chi connectivity index (χ0) is 13.5. The average molecular weight is 294 g/mol. The fourth-order valence-electron chi connectivity index (χ4n) is 2.57. The second-order valence-electron chi connectivity index (χ2n) is 5.41. The maximum Gasteiger partial charge on any atom is 0.226 e. The van der Waals surface area contributed by atoms with Crippen molar-refractivity contribution < 1.29 is 4.74 Å². The van der Waals surface area contributed by atoms with Gasteiger partial charge in [-0.25, -0.2) is 4.98 Å². The molecule has 20 heavy (non-hydrogen) atoms. The van der Waals surface area contributed by atoms with Gasteiger partial charge in [0.25, 0.3) is 0 Å². The number of ether oxygens (including phenoxy) is 1. The van der Waals surface area contributed by atoms with E-state index in [1.807, 2.05) is 4.57 Å². The van der Waals surface area contributed by atoms with Gasteiger partial charge in [0, 0.05) is 12.6 Å². The quantitative estimate of drug-likeness (QED) is 0.882. The number of imidazole rings is 1. The van der Waals surface area contributed by atoms with Crippen molar-refractivity contribution in [2.45, 2.75) is 44.4 Å². The summed E-state index contributed by atoms with van der Waals surface area (Å²) in [6, 6.07) is 0.500. The molecule has 3 heterocycles. The molecule has 0 radical (unpaired) electrons. The first kappa shape index (κ1) is 12.3. The van der Waals surface area contributed by atoms with E-state index in [0.29, 0.717) is 6.04 Å². The Kier molecular flexibility index (Phi) is 3.00. The summed E-state index contributed by atoms with van der Waals surface area (Å²) >= 11 is 6.05. The molecule has 7 heteroatoms. The first-order valence-electron chi connectivity index (χ1n) is 7.09. The molecule has 1 N–H and O–H groups in total. The van der Waals surface area contributed by atoms with Crippen LogP contribution in [0.1, 0.15) is 38.3 Å². The second kappa shape index (κ2) is 4.86. The third-order valence-electron chi connectivity index (χ3n) is 3.78. The number of nitrogens with zero attached hydrogens (tertiary/aromatic N) is 4. The normalized spacial score (nSPS) is 23.1. The van der Waals surface area contributed by atoms with Crippen molar-refractivity contribution in [3.8, 4) is 0 Å². The maximum absolute atomic E-state index is 6.05. The Morgan fingerprint density at radius 1 is 1.25 bits per heavy atom. The lowest BCUT2D eigenvalue weighted by Gasteiger charge is -2.23. The number of halogens is 1. The van der Waals surface area contributed by atoms with Gasteiger partial charge >= 0.3 is 0 Å². The lowest BCUT2D eigenvalue weighted by atomic mass is 10.2. The molecule has 0 spiro atoms. The van der Waals surface area contributed by atoms with Crippen molar-refractivity contribution in [2.24, 2.45) is 0 Å². The van der Waals surface area contributed by atoms with E-state index in [9.17, 15) is 0 Å². The van der Waals surface area contributed by atoms with Gasteiger partial charge in [-0.05, 0) is 43.7 Å². The highest BCUT2D eigenvalue weighted by Crippen LogP contribution is 2.31. The van der Waals surface area contributed by atoms with Crippen LogP contribution in [0.2, 0.25) is 5.28 Å². The molecule has 0 bridgehead atoms. The molecule has 1 aliphatic heterocycles. The van der Waals surface area contributed by atoms with Crippen LogP contribution in [0.25, 0.3) is 11.2 Å². The smallest absolute Gasteiger partial charge is 0.226 e. The minimum atomic E-state index is 0.00786. The standard InChI is InChI=1S/C13H16ClN5O/c14-13-17-11(16-8-4-5-8)10-12(18-13)19(7-15-10)9-3-1-2-6-20-9/h7-9H,1-6H2,(H,16,17,18)/t9-/m0/s1. The number of rotatable bonds is 3. The zero-order valence-corrected chi connectivity index (χ0v) is 11.8. The van der Waals surface area contributed by atoms with E-state index in [4.69, 9.17) is 16.3 Å². The Morgan fingerprint density at radius 3 is 2.90 bits per heavy atom. The van der Waals surface area contributed by atoms with Gasteiger partial charge in [0.15, 0.2) is 17.0 Å².